The van der Waals surface area contributed by atoms with Gasteiger partial charge in [0.1, 0.15) is 0 Å². The summed E-state index contributed by atoms with van der Waals surface area (Å²) in [6, 6.07) is 81.8. The Hall–Kier alpha value is -6.90. The lowest BCUT2D eigenvalue weighted by Gasteiger charge is -2.26. The molecular formula is C50H38N2. The topological polar surface area (TPSA) is 6.48 Å². The molecule has 8 rings (SSSR count). The van der Waals surface area contributed by atoms with Gasteiger partial charge in [0.15, 0.2) is 0 Å². The molecule has 8 aromatic carbocycles. The van der Waals surface area contributed by atoms with Crippen LogP contribution in [0.5, 0.6) is 0 Å². The smallest absolute Gasteiger partial charge is 0.0462 e. The highest BCUT2D eigenvalue weighted by atomic mass is 15.1. The van der Waals surface area contributed by atoms with Crippen LogP contribution in [0.25, 0.3) is 11.1 Å². The van der Waals surface area contributed by atoms with Crippen molar-refractivity contribution in [3.05, 3.63) is 253 Å². The van der Waals surface area contributed by atoms with E-state index in [1.165, 1.54) is 11.1 Å². The van der Waals surface area contributed by atoms with E-state index >= 15 is 0 Å². The van der Waals surface area contributed by atoms with E-state index in [2.05, 4.69) is 240 Å². The molecule has 0 atom stereocenters. The molecule has 0 aliphatic rings. The van der Waals surface area contributed by atoms with Crippen molar-refractivity contribution < 1.29 is 0 Å². The lowest BCUT2D eigenvalue weighted by molar-refractivity contribution is 1.28. The highest BCUT2D eigenvalue weighted by molar-refractivity contribution is 6.05. The second-order valence-electron chi connectivity index (χ2n) is 12.6. The first-order valence-corrected chi connectivity index (χ1v) is 17.7. The van der Waals surface area contributed by atoms with Gasteiger partial charge in [0.25, 0.3) is 0 Å². The molecule has 248 valence electrons. The predicted octanol–water partition coefficient (Wildman–Crippen LogP) is 13.6. The highest BCUT2D eigenvalue weighted by Gasteiger charge is 2.19. The van der Waals surface area contributed by atoms with Crippen LogP contribution in [-0.2, 0) is 0 Å². The minimum atomic E-state index is 1.10. The number of nitrogens with zero attached hydrogens (tertiary/aromatic N) is 2. The van der Waals surface area contributed by atoms with Crippen LogP contribution in [0.1, 0.15) is 22.3 Å². The van der Waals surface area contributed by atoms with Gasteiger partial charge in [-0.1, -0.05) is 158 Å². The molecule has 0 heterocycles. The molecule has 8 aromatic rings. The maximum Gasteiger partial charge on any atom is 0.0462 e. The zero-order valence-corrected chi connectivity index (χ0v) is 28.8. The van der Waals surface area contributed by atoms with Crippen LogP contribution in [0, 0.1) is 0 Å². The van der Waals surface area contributed by atoms with E-state index < -0.39 is 0 Å². The SMILES string of the molecule is c1ccc(/C(=C(\c2ccccc2)c2ccc(N(c3ccccc3)c3ccccc3)cc2)c2ccc(N(c3ccccc3)c3ccccc3)cc2)cc1. The van der Waals surface area contributed by atoms with E-state index in [-0.39, 0.29) is 0 Å². The van der Waals surface area contributed by atoms with Gasteiger partial charge in [-0.3, -0.25) is 0 Å². The van der Waals surface area contributed by atoms with Gasteiger partial charge in [0.05, 0.1) is 0 Å². The Morgan fingerprint density at radius 1 is 0.192 bits per heavy atom. The van der Waals surface area contributed by atoms with Gasteiger partial charge >= 0.3 is 0 Å². The summed E-state index contributed by atoms with van der Waals surface area (Å²) in [5.74, 6) is 0. The average Bonchev–Trinajstić information content (AvgIpc) is 3.23. The fourth-order valence-corrected chi connectivity index (χ4v) is 6.88. The molecule has 0 N–H and O–H groups in total. The van der Waals surface area contributed by atoms with Gasteiger partial charge in [-0.05, 0) is 106 Å². The molecule has 0 radical (unpaired) electrons. The van der Waals surface area contributed by atoms with Crippen LogP contribution < -0.4 is 9.80 Å². The third-order valence-corrected chi connectivity index (χ3v) is 9.26. The summed E-state index contributed by atoms with van der Waals surface area (Å²) in [6.45, 7) is 0. The van der Waals surface area contributed by atoms with Crippen molar-refractivity contribution in [1.29, 1.82) is 0 Å². The molecule has 2 heteroatoms. The Morgan fingerprint density at radius 2 is 0.385 bits per heavy atom. The first-order chi connectivity index (χ1) is 25.8. The van der Waals surface area contributed by atoms with Crippen molar-refractivity contribution >= 4 is 45.3 Å². The van der Waals surface area contributed by atoms with Crippen LogP contribution in [0.4, 0.5) is 34.1 Å². The fraction of sp³-hybridized carbons (Fsp3) is 0. The Morgan fingerprint density at radius 3 is 0.635 bits per heavy atom. The van der Waals surface area contributed by atoms with Crippen molar-refractivity contribution in [2.45, 2.75) is 0 Å². The second-order valence-corrected chi connectivity index (χ2v) is 12.6. The molecule has 52 heavy (non-hydrogen) atoms. The summed E-state index contributed by atoms with van der Waals surface area (Å²) in [5, 5.41) is 0. The molecule has 0 saturated carbocycles. The van der Waals surface area contributed by atoms with Crippen LogP contribution in [-0.4, -0.2) is 0 Å². The zero-order chi connectivity index (χ0) is 35.0. The summed E-state index contributed by atoms with van der Waals surface area (Å²) in [4.78, 5) is 4.61. The van der Waals surface area contributed by atoms with Crippen LogP contribution in [0.2, 0.25) is 0 Å². The van der Waals surface area contributed by atoms with Gasteiger partial charge in [-0.15, -0.1) is 0 Å². The van der Waals surface area contributed by atoms with Gasteiger partial charge in [-0.2, -0.15) is 0 Å². The van der Waals surface area contributed by atoms with Crippen molar-refractivity contribution in [1.82, 2.24) is 0 Å². The number of anilines is 6. The van der Waals surface area contributed by atoms with E-state index in [4.69, 9.17) is 0 Å². The van der Waals surface area contributed by atoms with Crippen molar-refractivity contribution in [2.24, 2.45) is 0 Å². The number of para-hydroxylation sites is 4. The maximum absolute atomic E-state index is 2.30. The number of hydrogen-bond donors (Lipinski definition) is 0. The third-order valence-electron chi connectivity index (χ3n) is 9.26. The molecule has 0 bridgehead atoms. The summed E-state index contributed by atoms with van der Waals surface area (Å²) in [7, 11) is 0. The van der Waals surface area contributed by atoms with Gasteiger partial charge in [-0.25, -0.2) is 0 Å². The van der Waals surface area contributed by atoms with E-state index in [0.29, 0.717) is 0 Å². The van der Waals surface area contributed by atoms with Crippen molar-refractivity contribution in [3.63, 3.8) is 0 Å². The number of benzene rings is 8. The Balaban J connectivity index is 1.28. The highest BCUT2D eigenvalue weighted by Crippen LogP contribution is 2.41. The predicted molar refractivity (Wildman–Crippen MR) is 220 cm³/mol. The monoisotopic (exact) mass is 666 g/mol. The Bertz CT molecular complexity index is 2090. The Labute approximate surface area is 306 Å². The fourth-order valence-electron chi connectivity index (χ4n) is 6.88. The molecule has 2 nitrogen and oxygen atoms in total. The molecule has 0 spiro atoms. The molecule has 0 aliphatic carbocycles. The van der Waals surface area contributed by atoms with Crippen molar-refractivity contribution in [2.75, 3.05) is 9.80 Å². The summed E-state index contributed by atoms with van der Waals surface area (Å²) in [5.41, 5.74) is 13.6. The normalized spacial score (nSPS) is 11.4. The molecule has 0 saturated heterocycles. The molecular weight excluding hydrogens is 629 g/mol. The number of hydrogen-bond acceptors (Lipinski definition) is 2. The molecule has 0 aliphatic heterocycles. The standard InChI is InChI=1S/C50H38N2/c1-7-19-39(20-8-1)49(41-31-35-47(36-32-41)51(43-23-11-3-12-24-43)44-25-13-4-14-26-44)50(40-21-9-2-10-22-40)42-33-37-48(38-34-42)52(45-27-15-5-16-28-45)46-29-17-6-18-30-46/h1-38H/b50-49-. The molecule has 0 fully saturated rings. The molecule has 0 unspecified atom stereocenters. The zero-order valence-electron chi connectivity index (χ0n) is 28.8. The van der Waals surface area contributed by atoms with Crippen LogP contribution in [0.3, 0.4) is 0 Å². The molecule has 0 aromatic heterocycles. The lowest BCUT2D eigenvalue weighted by atomic mass is 9.85. The van der Waals surface area contributed by atoms with Crippen LogP contribution in [0.15, 0.2) is 231 Å². The average molecular weight is 667 g/mol. The van der Waals surface area contributed by atoms with E-state index in [0.717, 1.165) is 56.4 Å². The minimum Gasteiger partial charge on any atom is -0.311 e. The Kier molecular flexibility index (Phi) is 9.53. The molecule has 0 amide bonds. The quantitative estimate of drug-likeness (QED) is 0.134. The van der Waals surface area contributed by atoms with Crippen molar-refractivity contribution in [3.8, 4) is 0 Å². The van der Waals surface area contributed by atoms with Gasteiger partial charge in [0.2, 0.25) is 0 Å². The summed E-state index contributed by atoms with van der Waals surface area (Å²) >= 11 is 0. The van der Waals surface area contributed by atoms with Crippen LogP contribution >= 0.6 is 0 Å². The first kappa shape index (κ1) is 32.3. The van der Waals surface area contributed by atoms with E-state index in [1.807, 2.05) is 0 Å². The van der Waals surface area contributed by atoms with Gasteiger partial charge < -0.3 is 9.80 Å². The van der Waals surface area contributed by atoms with Gasteiger partial charge in [0, 0.05) is 34.1 Å². The van der Waals surface area contributed by atoms with E-state index in [1.54, 1.807) is 0 Å². The third kappa shape index (κ3) is 6.92. The number of rotatable bonds is 10. The second kappa shape index (κ2) is 15.3. The summed E-state index contributed by atoms with van der Waals surface area (Å²) < 4.78 is 0. The minimum absolute atomic E-state index is 1.10. The van der Waals surface area contributed by atoms with E-state index in [9.17, 15) is 0 Å². The maximum atomic E-state index is 2.30. The summed E-state index contributed by atoms with van der Waals surface area (Å²) in [6.07, 6.45) is 0. The largest absolute Gasteiger partial charge is 0.311 e. The first-order valence-electron chi connectivity index (χ1n) is 17.7. The lowest BCUT2D eigenvalue weighted by Crippen LogP contribution is -2.10.